The maximum atomic E-state index is 13.4. The molecule has 0 saturated carbocycles. The van der Waals surface area contributed by atoms with Gasteiger partial charge < -0.3 is 19.8 Å². The number of hydrogen-bond donors (Lipinski definition) is 1. The number of carbonyl (C=O) groups is 1. The summed E-state index contributed by atoms with van der Waals surface area (Å²) >= 11 is 0. The van der Waals surface area contributed by atoms with Crippen molar-refractivity contribution in [2.24, 2.45) is 12.8 Å². The van der Waals surface area contributed by atoms with Crippen molar-refractivity contribution in [3.05, 3.63) is 63.3 Å². The van der Waals surface area contributed by atoms with Gasteiger partial charge in [0.1, 0.15) is 23.6 Å². The molecule has 9 nitrogen and oxygen atoms in total. The number of hydrogen-bond acceptors (Lipinski definition) is 5. The van der Waals surface area contributed by atoms with Crippen molar-refractivity contribution in [1.29, 1.82) is 0 Å². The Labute approximate surface area is 170 Å². The molecule has 0 atom stereocenters. The fourth-order valence-corrected chi connectivity index (χ4v) is 3.72. The van der Waals surface area contributed by atoms with Crippen LogP contribution in [0.25, 0.3) is 27.6 Å². The second-order valence-electron chi connectivity index (χ2n) is 6.81. The van der Waals surface area contributed by atoms with E-state index in [1.54, 1.807) is 54.1 Å². The number of aryl methyl sites for hydroxylation is 1. The summed E-state index contributed by atoms with van der Waals surface area (Å²) in [6.07, 6.45) is 0. The largest absolute Gasteiger partial charge is 0.497 e. The van der Waals surface area contributed by atoms with Crippen LogP contribution in [-0.4, -0.2) is 33.8 Å². The molecule has 4 rings (SSSR count). The minimum Gasteiger partial charge on any atom is -0.497 e. The first-order valence-electron chi connectivity index (χ1n) is 9.12. The van der Waals surface area contributed by atoms with Crippen molar-refractivity contribution in [3.8, 4) is 17.2 Å². The van der Waals surface area contributed by atoms with Crippen molar-refractivity contribution in [2.45, 2.75) is 6.54 Å². The van der Waals surface area contributed by atoms with Gasteiger partial charge in [-0.25, -0.2) is 9.36 Å². The summed E-state index contributed by atoms with van der Waals surface area (Å²) in [6, 6.07) is 11.8. The van der Waals surface area contributed by atoms with Crippen molar-refractivity contribution >= 4 is 27.8 Å². The van der Waals surface area contributed by atoms with Gasteiger partial charge in [0.25, 0.3) is 5.56 Å². The van der Waals surface area contributed by atoms with E-state index in [0.29, 0.717) is 33.6 Å². The lowest BCUT2D eigenvalue weighted by Crippen LogP contribution is -2.41. The molecule has 0 spiro atoms. The minimum atomic E-state index is -0.696. The molecule has 0 aliphatic carbocycles. The normalized spacial score (nSPS) is 11.2. The molecule has 2 heterocycles. The number of ether oxygens (including phenoxy) is 2. The standard InChI is InChI=1S/C21H20N4O5/c1-23-16-9-8-14(30-3)10-15(16)18-19(23)20(27)25(21(28)24(18)11-17(22)26)12-4-6-13(29-2)7-5-12/h4-10H,11H2,1-3H3,(H2,22,26). The highest BCUT2D eigenvalue weighted by Crippen LogP contribution is 2.29. The third kappa shape index (κ3) is 2.83. The average Bonchev–Trinajstić information content (AvgIpc) is 3.03. The van der Waals surface area contributed by atoms with E-state index in [1.165, 1.54) is 18.8 Å². The minimum absolute atomic E-state index is 0.273. The van der Waals surface area contributed by atoms with Crippen LogP contribution < -0.4 is 26.5 Å². The zero-order chi connectivity index (χ0) is 21.6. The number of rotatable bonds is 5. The number of nitrogens with two attached hydrogens (primary N) is 1. The second-order valence-corrected chi connectivity index (χ2v) is 6.81. The van der Waals surface area contributed by atoms with Crippen LogP contribution in [0.2, 0.25) is 0 Å². The number of carbonyl (C=O) groups excluding carboxylic acids is 1. The van der Waals surface area contributed by atoms with Crippen molar-refractivity contribution in [3.63, 3.8) is 0 Å². The van der Waals surface area contributed by atoms with Gasteiger partial charge in [-0.2, -0.15) is 0 Å². The number of primary amides is 1. The van der Waals surface area contributed by atoms with Gasteiger partial charge in [-0.15, -0.1) is 0 Å². The maximum absolute atomic E-state index is 13.4. The Morgan fingerprint density at radius 3 is 2.20 bits per heavy atom. The van der Waals surface area contributed by atoms with Crippen LogP contribution in [0.3, 0.4) is 0 Å². The molecule has 2 aromatic carbocycles. The summed E-state index contributed by atoms with van der Waals surface area (Å²) in [7, 11) is 4.78. The molecule has 154 valence electrons. The van der Waals surface area contributed by atoms with Crippen molar-refractivity contribution < 1.29 is 14.3 Å². The Morgan fingerprint density at radius 1 is 0.967 bits per heavy atom. The summed E-state index contributed by atoms with van der Waals surface area (Å²) in [5.74, 6) is 0.452. The van der Waals surface area contributed by atoms with E-state index in [2.05, 4.69) is 0 Å². The fourth-order valence-electron chi connectivity index (χ4n) is 3.72. The first-order valence-corrected chi connectivity index (χ1v) is 9.12. The molecular weight excluding hydrogens is 388 g/mol. The monoisotopic (exact) mass is 408 g/mol. The van der Waals surface area contributed by atoms with E-state index in [1.807, 2.05) is 0 Å². The molecular formula is C21H20N4O5. The zero-order valence-corrected chi connectivity index (χ0v) is 16.7. The Bertz CT molecular complexity index is 1410. The molecule has 0 fully saturated rings. The topological polar surface area (TPSA) is 110 Å². The number of aromatic nitrogens is 3. The van der Waals surface area contributed by atoms with Gasteiger partial charge in [-0.05, 0) is 42.5 Å². The van der Waals surface area contributed by atoms with Crippen LogP contribution in [0.4, 0.5) is 0 Å². The SMILES string of the molecule is COc1ccc(-n2c(=O)c3c(c4cc(OC)ccc4n3C)n(CC(N)=O)c2=O)cc1. The second kappa shape index (κ2) is 7.11. The summed E-state index contributed by atoms with van der Waals surface area (Å²) in [4.78, 5) is 38.6. The van der Waals surface area contributed by atoms with E-state index >= 15 is 0 Å². The maximum Gasteiger partial charge on any atom is 0.336 e. The van der Waals surface area contributed by atoms with E-state index in [0.717, 1.165) is 4.57 Å². The molecule has 0 radical (unpaired) electrons. The Balaban J connectivity index is 2.19. The number of amides is 1. The number of methoxy groups -OCH3 is 2. The lowest BCUT2D eigenvalue weighted by atomic mass is 10.2. The molecule has 30 heavy (non-hydrogen) atoms. The van der Waals surface area contributed by atoms with Crippen LogP contribution in [0.1, 0.15) is 0 Å². The molecule has 0 saturated heterocycles. The highest BCUT2D eigenvalue weighted by Gasteiger charge is 2.22. The lowest BCUT2D eigenvalue weighted by Gasteiger charge is -2.12. The molecule has 1 amide bonds. The number of nitrogens with zero attached hydrogens (tertiary/aromatic N) is 3. The Kier molecular flexibility index (Phi) is 4.57. The predicted molar refractivity (Wildman–Crippen MR) is 113 cm³/mol. The van der Waals surface area contributed by atoms with Crippen LogP contribution in [0.15, 0.2) is 52.1 Å². The van der Waals surface area contributed by atoms with Crippen LogP contribution >= 0.6 is 0 Å². The molecule has 4 aromatic rings. The molecule has 0 bridgehead atoms. The van der Waals surface area contributed by atoms with Gasteiger partial charge in [0.05, 0.1) is 30.9 Å². The highest BCUT2D eigenvalue weighted by molar-refractivity contribution is 6.06. The zero-order valence-electron chi connectivity index (χ0n) is 16.7. The Hall–Kier alpha value is -4.01. The molecule has 2 aromatic heterocycles. The van der Waals surface area contributed by atoms with Crippen molar-refractivity contribution in [1.82, 2.24) is 13.7 Å². The van der Waals surface area contributed by atoms with Gasteiger partial charge in [-0.3, -0.25) is 14.2 Å². The van der Waals surface area contributed by atoms with Gasteiger partial charge in [0, 0.05) is 12.4 Å². The first-order chi connectivity index (χ1) is 14.4. The predicted octanol–water partition coefficient (Wildman–Crippen LogP) is 1.15. The summed E-state index contributed by atoms with van der Waals surface area (Å²) in [5.41, 5.74) is 5.94. The van der Waals surface area contributed by atoms with Crippen LogP contribution in [0.5, 0.6) is 11.5 Å². The number of benzene rings is 2. The average molecular weight is 408 g/mol. The summed E-state index contributed by atoms with van der Waals surface area (Å²) < 4.78 is 14.4. The third-order valence-electron chi connectivity index (χ3n) is 5.12. The first kappa shape index (κ1) is 19.3. The number of fused-ring (bicyclic) bond motifs is 3. The summed E-state index contributed by atoms with van der Waals surface area (Å²) in [5, 5.41) is 0.615. The van der Waals surface area contributed by atoms with Crippen molar-refractivity contribution in [2.75, 3.05) is 14.2 Å². The molecule has 2 N–H and O–H groups in total. The van der Waals surface area contributed by atoms with E-state index in [-0.39, 0.29) is 12.1 Å². The Morgan fingerprint density at radius 2 is 1.60 bits per heavy atom. The van der Waals surface area contributed by atoms with Crippen LogP contribution in [0, 0.1) is 0 Å². The van der Waals surface area contributed by atoms with E-state index in [4.69, 9.17) is 15.2 Å². The fraction of sp³-hybridized carbons (Fsp3) is 0.190. The highest BCUT2D eigenvalue weighted by atomic mass is 16.5. The van der Waals surface area contributed by atoms with Gasteiger partial charge in [0.15, 0.2) is 0 Å². The van der Waals surface area contributed by atoms with E-state index in [9.17, 15) is 14.4 Å². The quantitative estimate of drug-likeness (QED) is 0.533. The van der Waals surface area contributed by atoms with Crippen LogP contribution in [-0.2, 0) is 18.4 Å². The molecule has 0 aliphatic rings. The van der Waals surface area contributed by atoms with Gasteiger partial charge in [0.2, 0.25) is 5.91 Å². The molecule has 0 unspecified atom stereocenters. The van der Waals surface area contributed by atoms with Gasteiger partial charge in [-0.1, -0.05) is 0 Å². The molecule has 9 heteroatoms. The molecule has 0 aliphatic heterocycles. The smallest absolute Gasteiger partial charge is 0.336 e. The van der Waals surface area contributed by atoms with Gasteiger partial charge >= 0.3 is 5.69 Å². The van der Waals surface area contributed by atoms with E-state index < -0.39 is 17.2 Å². The summed E-state index contributed by atoms with van der Waals surface area (Å²) in [6.45, 7) is -0.373. The lowest BCUT2D eigenvalue weighted by molar-refractivity contribution is -0.118. The third-order valence-corrected chi connectivity index (χ3v) is 5.12.